The van der Waals surface area contributed by atoms with Gasteiger partial charge in [0.1, 0.15) is 22.7 Å². The highest BCUT2D eigenvalue weighted by molar-refractivity contribution is 6.43. The van der Waals surface area contributed by atoms with Crippen LogP contribution in [0.25, 0.3) is 0 Å². The van der Waals surface area contributed by atoms with Crippen molar-refractivity contribution in [3.63, 3.8) is 0 Å². The van der Waals surface area contributed by atoms with E-state index >= 15 is 0 Å². The lowest BCUT2D eigenvalue weighted by Gasteiger charge is -2.15. The van der Waals surface area contributed by atoms with Gasteiger partial charge in [-0.05, 0) is 12.1 Å². The van der Waals surface area contributed by atoms with Crippen LogP contribution in [0, 0.1) is 10.1 Å². The second-order valence-electron chi connectivity index (χ2n) is 4.18. The molecule has 1 atom stereocenters. The number of aliphatic hydroxyl groups excluding tert-OH is 1. The number of H-pyrrole nitrogens is 1. The zero-order valence-electron chi connectivity index (χ0n) is 10.9. The fourth-order valence-electron chi connectivity index (χ4n) is 1.99. The quantitative estimate of drug-likeness (QED) is 0.593. The molecule has 118 valence electrons. The number of nitrogens with zero attached hydrogens (tertiary/aromatic N) is 1. The molecule has 0 unspecified atom stereocenters. The molecule has 10 heteroatoms. The van der Waals surface area contributed by atoms with E-state index in [1.54, 1.807) is 0 Å². The summed E-state index contributed by atoms with van der Waals surface area (Å²) in [5.41, 5.74) is -0.591. The third-order valence-electron chi connectivity index (χ3n) is 2.89. The monoisotopic (exact) mass is 384 g/mol. The molecule has 0 aliphatic carbocycles. The van der Waals surface area contributed by atoms with Crippen LogP contribution in [0.4, 0.5) is 5.69 Å². The smallest absolute Gasteiger partial charge is 0.313 e. The van der Waals surface area contributed by atoms with Crippen molar-refractivity contribution >= 4 is 52.1 Å². The van der Waals surface area contributed by atoms with E-state index in [1.165, 1.54) is 19.2 Å². The van der Waals surface area contributed by atoms with Crippen molar-refractivity contribution in [2.24, 2.45) is 0 Å². The zero-order valence-corrected chi connectivity index (χ0v) is 13.9. The SMILES string of the molecule is COc1c(Cl)cc(Cl)cc1[C@H](O)c1[nH]c(Cl)c(Cl)c1[N+](=O)[O-]. The number of nitro groups is 1. The maximum atomic E-state index is 11.1. The maximum absolute atomic E-state index is 11.1. The molecule has 0 spiro atoms. The number of aliphatic hydroxyl groups is 1. The highest BCUT2D eigenvalue weighted by Gasteiger charge is 2.32. The molecule has 1 heterocycles. The Morgan fingerprint density at radius 3 is 2.50 bits per heavy atom. The van der Waals surface area contributed by atoms with Gasteiger partial charge in [0.05, 0.1) is 17.1 Å². The third kappa shape index (κ3) is 2.98. The standard InChI is InChI=1S/C12H8Cl4N2O4/c1-22-11-5(2-4(13)3-6(11)14)10(19)8-9(18(20)21)7(15)12(16)17-8/h2-3,10,17,19H,1H3/t10-/m0/s1. The van der Waals surface area contributed by atoms with E-state index < -0.39 is 16.7 Å². The van der Waals surface area contributed by atoms with Gasteiger partial charge < -0.3 is 14.8 Å². The molecular formula is C12H8Cl4N2O4. The Bertz CT molecular complexity index is 747. The molecule has 0 saturated carbocycles. The predicted molar refractivity (Wildman–Crippen MR) is 84.5 cm³/mol. The maximum Gasteiger partial charge on any atom is 0.313 e. The molecule has 1 aromatic heterocycles. The van der Waals surface area contributed by atoms with Gasteiger partial charge in [-0.15, -0.1) is 0 Å². The van der Waals surface area contributed by atoms with Gasteiger partial charge in [0, 0.05) is 10.6 Å². The van der Waals surface area contributed by atoms with Crippen molar-refractivity contribution < 1.29 is 14.8 Å². The summed E-state index contributed by atoms with van der Waals surface area (Å²) < 4.78 is 5.11. The fourth-order valence-corrected chi connectivity index (χ4v) is 2.98. The van der Waals surface area contributed by atoms with Crippen molar-refractivity contribution in [2.75, 3.05) is 7.11 Å². The first-order valence-electron chi connectivity index (χ1n) is 5.70. The molecule has 0 fully saturated rings. The van der Waals surface area contributed by atoms with Crippen molar-refractivity contribution in [2.45, 2.75) is 6.10 Å². The van der Waals surface area contributed by atoms with Crippen molar-refractivity contribution in [3.05, 3.63) is 53.7 Å². The number of halogens is 4. The van der Waals surface area contributed by atoms with Crippen molar-refractivity contribution in [1.82, 2.24) is 4.98 Å². The topological polar surface area (TPSA) is 88.4 Å². The zero-order chi connectivity index (χ0) is 16.6. The van der Waals surface area contributed by atoms with Gasteiger partial charge in [-0.2, -0.15) is 0 Å². The molecule has 0 saturated heterocycles. The Kier molecular flexibility index (Phi) is 5.09. The summed E-state index contributed by atoms with van der Waals surface area (Å²) >= 11 is 23.4. The van der Waals surface area contributed by atoms with E-state index in [4.69, 9.17) is 51.1 Å². The summed E-state index contributed by atoms with van der Waals surface area (Å²) in [6.45, 7) is 0. The summed E-state index contributed by atoms with van der Waals surface area (Å²) in [5, 5.41) is 21.5. The highest BCUT2D eigenvalue weighted by Crippen LogP contribution is 2.43. The number of nitrogens with one attached hydrogen (secondary N) is 1. The van der Waals surface area contributed by atoms with Crippen LogP contribution in [0.2, 0.25) is 20.2 Å². The molecule has 22 heavy (non-hydrogen) atoms. The van der Waals surface area contributed by atoms with Crippen LogP contribution in [0.15, 0.2) is 12.1 Å². The molecule has 2 N–H and O–H groups in total. The van der Waals surface area contributed by atoms with Crippen LogP contribution >= 0.6 is 46.4 Å². The molecule has 0 radical (unpaired) electrons. The Morgan fingerprint density at radius 1 is 1.32 bits per heavy atom. The Morgan fingerprint density at radius 2 is 1.95 bits per heavy atom. The van der Waals surface area contributed by atoms with Crippen LogP contribution in [0.3, 0.4) is 0 Å². The minimum atomic E-state index is -1.49. The minimum absolute atomic E-state index is 0.134. The van der Waals surface area contributed by atoms with E-state index in [0.29, 0.717) is 0 Å². The first-order chi connectivity index (χ1) is 10.3. The number of hydrogen-bond donors (Lipinski definition) is 2. The molecule has 0 bridgehead atoms. The summed E-state index contributed by atoms with van der Waals surface area (Å²) in [6, 6.07) is 2.80. The number of aromatic nitrogens is 1. The van der Waals surface area contributed by atoms with Gasteiger partial charge in [0.15, 0.2) is 5.02 Å². The van der Waals surface area contributed by atoms with E-state index in [-0.39, 0.29) is 37.2 Å². The van der Waals surface area contributed by atoms with Gasteiger partial charge in [0.2, 0.25) is 0 Å². The largest absolute Gasteiger partial charge is 0.495 e. The molecular weight excluding hydrogens is 378 g/mol. The Balaban J connectivity index is 2.66. The molecule has 6 nitrogen and oxygen atoms in total. The van der Waals surface area contributed by atoms with Gasteiger partial charge in [-0.1, -0.05) is 46.4 Å². The summed E-state index contributed by atoms with van der Waals surface area (Å²) in [5.74, 6) is 0.134. The predicted octanol–water partition coefficient (Wildman–Crippen LogP) is 4.63. The van der Waals surface area contributed by atoms with Crippen LogP contribution in [-0.2, 0) is 0 Å². The molecule has 2 aromatic rings. The Labute approximate surface area is 144 Å². The number of aromatic amines is 1. The average molecular weight is 386 g/mol. The second kappa shape index (κ2) is 6.52. The van der Waals surface area contributed by atoms with Gasteiger partial charge >= 0.3 is 5.69 Å². The van der Waals surface area contributed by atoms with Crippen LogP contribution in [0.5, 0.6) is 5.75 Å². The normalized spacial score (nSPS) is 12.3. The summed E-state index contributed by atoms with van der Waals surface area (Å²) in [7, 11) is 1.34. The van der Waals surface area contributed by atoms with Crippen molar-refractivity contribution in [1.29, 1.82) is 0 Å². The summed E-state index contributed by atoms with van der Waals surface area (Å²) in [4.78, 5) is 12.9. The first kappa shape index (κ1) is 17.2. The van der Waals surface area contributed by atoms with Gasteiger partial charge in [-0.25, -0.2) is 0 Å². The second-order valence-corrected chi connectivity index (χ2v) is 5.78. The molecule has 0 aliphatic rings. The minimum Gasteiger partial charge on any atom is -0.495 e. The van der Waals surface area contributed by atoms with Crippen LogP contribution in [0.1, 0.15) is 17.4 Å². The summed E-state index contributed by atoms with van der Waals surface area (Å²) in [6.07, 6.45) is -1.49. The number of ether oxygens (including phenoxy) is 1. The van der Waals surface area contributed by atoms with E-state index in [9.17, 15) is 15.2 Å². The molecule has 1 aromatic carbocycles. The van der Waals surface area contributed by atoms with Crippen molar-refractivity contribution in [3.8, 4) is 5.75 Å². The third-order valence-corrected chi connectivity index (χ3v) is 4.14. The highest BCUT2D eigenvalue weighted by atomic mass is 35.5. The number of rotatable bonds is 4. The van der Waals surface area contributed by atoms with Gasteiger partial charge in [-0.3, -0.25) is 10.1 Å². The molecule has 2 rings (SSSR count). The average Bonchev–Trinajstić information content (AvgIpc) is 2.73. The number of benzene rings is 1. The lowest BCUT2D eigenvalue weighted by atomic mass is 10.0. The van der Waals surface area contributed by atoms with Gasteiger partial charge in [0.25, 0.3) is 0 Å². The van der Waals surface area contributed by atoms with E-state index in [2.05, 4.69) is 4.98 Å². The fraction of sp³-hybridized carbons (Fsp3) is 0.167. The first-order valence-corrected chi connectivity index (χ1v) is 7.21. The molecule has 0 aliphatic heterocycles. The number of methoxy groups -OCH3 is 1. The molecule has 0 amide bonds. The lowest BCUT2D eigenvalue weighted by Crippen LogP contribution is -2.06. The van der Waals surface area contributed by atoms with E-state index in [1.807, 2.05) is 0 Å². The number of hydrogen-bond acceptors (Lipinski definition) is 4. The van der Waals surface area contributed by atoms with Crippen LogP contribution in [-0.4, -0.2) is 22.1 Å². The Hall–Kier alpha value is -1.18. The van der Waals surface area contributed by atoms with E-state index in [0.717, 1.165) is 0 Å². The lowest BCUT2D eigenvalue weighted by molar-refractivity contribution is -0.385. The van der Waals surface area contributed by atoms with Crippen LogP contribution < -0.4 is 4.74 Å².